The third-order valence-corrected chi connectivity index (χ3v) is 1.91. The van der Waals surface area contributed by atoms with E-state index in [4.69, 9.17) is 5.73 Å². The van der Waals surface area contributed by atoms with E-state index in [9.17, 15) is 18.0 Å². The molecule has 0 atom stereocenters. The summed E-state index contributed by atoms with van der Waals surface area (Å²) in [5.74, 6) is -0.858. The molecular formula is C9H11F3N4O. The lowest BCUT2D eigenvalue weighted by molar-refractivity contribution is -0.140. The number of carbonyl (C=O) groups is 1. The highest BCUT2D eigenvalue weighted by Crippen LogP contribution is 2.17. The van der Waals surface area contributed by atoms with Crippen LogP contribution in [0, 0.1) is 0 Å². The summed E-state index contributed by atoms with van der Waals surface area (Å²) in [5, 5.41) is 0. The Labute approximate surface area is 95.5 Å². The van der Waals surface area contributed by atoms with Gasteiger partial charge in [-0.25, -0.2) is 4.98 Å². The fourth-order valence-corrected chi connectivity index (χ4v) is 1.19. The molecule has 0 saturated carbocycles. The second-order valence-corrected chi connectivity index (χ2v) is 3.26. The van der Waals surface area contributed by atoms with Gasteiger partial charge in [-0.1, -0.05) is 0 Å². The lowest BCUT2D eigenvalue weighted by atomic mass is 10.3. The first-order valence-electron chi connectivity index (χ1n) is 4.77. The Bertz CT molecular complexity index is 407. The standard InChI is InChI=1S/C9H11F3N4O/c1-2-16(5-9(10,11)12)8(17)6-3-14-4-7(13)15-6/h3-4H,2,5H2,1H3,(H2,13,15). The Balaban J connectivity index is 2.87. The fourth-order valence-electron chi connectivity index (χ4n) is 1.19. The summed E-state index contributed by atoms with van der Waals surface area (Å²) in [6.07, 6.45) is -2.16. The Kier molecular flexibility index (Phi) is 3.87. The quantitative estimate of drug-likeness (QED) is 0.868. The van der Waals surface area contributed by atoms with E-state index in [1.807, 2.05) is 0 Å². The number of alkyl halides is 3. The van der Waals surface area contributed by atoms with Gasteiger partial charge in [-0.05, 0) is 6.92 Å². The highest BCUT2D eigenvalue weighted by Gasteiger charge is 2.33. The summed E-state index contributed by atoms with van der Waals surface area (Å²) in [6.45, 7) is 0.0526. The Morgan fingerprint density at radius 2 is 2.12 bits per heavy atom. The molecule has 2 N–H and O–H groups in total. The number of anilines is 1. The highest BCUT2D eigenvalue weighted by molar-refractivity contribution is 5.92. The molecule has 0 bridgehead atoms. The van der Waals surface area contributed by atoms with Gasteiger partial charge >= 0.3 is 6.18 Å². The summed E-state index contributed by atoms with van der Waals surface area (Å²) < 4.78 is 36.6. The minimum atomic E-state index is -4.45. The molecule has 0 saturated heterocycles. The number of nitrogen functional groups attached to an aromatic ring is 1. The van der Waals surface area contributed by atoms with Gasteiger partial charge in [0.1, 0.15) is 18.1 Å². The van der Waals surface area contributed by atoms with Crippen LogP contribution in [0.4, 0.5) is 19.0 Å². The van der Waals surface area contributed by atoms with Crippen LogP contribution >= 0.6 is 0 Å². The summed E-state index contributed by atoms with van der Waals surface area (Å²) in [5.41, 5.74) is 5.10. The molecule has 0 radical (unpaired) electrons. The lowest BCUT2D eigenvalue weighted by Gasteiger charge is -2.21. The van der Waals surface area contributed by atoms with Gasteiger partial charge in [0.25, 0.3) is 5.91 Å². The van der Waals surface area contributed by atoms with Gasteiger partial charge in [0.05, 0.1) is 12.4 Å². The predicted octanol–water partition coefficient (Wildman–Crippen LogP) is 1.08. The molecule has 0 spiro atoms. The van der Waals surface area contributed by atoms with E-state index in [-0.39, 0.29) is 18.1 Å². The maximum absolute atomic E-state index is 12.2. The number of nitrogens with zero attached hydrogens (tertiary/aromatic N) is 3. The molecular weight excluding hydrogens is 237 g/mol. The van der Waals surface area contributed by atoms with Crippen LogP contribution in [0.15, 0.2) is 12.4 Å². The molecule has 17 heavy (non-hydrogen) atoms. The van der Waals surface area contributed by atoms with E-state index in [1.54, 1.807) is 0 Å². The van der Waals surface area contributed by atoms with Crippen LogP contribution in [0.2, 0.25) is 0 Å². The second-order valence-electron chi connectivity index (χ2n) is 3.26. The van der Waals surface area contributed by atoms with Crippen LogP contribution in [0.3, 0.4) is 0 Å². The number of hydrogen-bond acceptors (Lipinski definition) is 4. The summed E-state index contributed by atoms with van der Waals surface area (Å²) in [6, 6.07) is 0. The lowest BCUT2D eigenvalue weighted by Crippen LogP contribution is -2.39. The maximum Gasteiger partial charge on any atom is 0.406 e. The minimum Gasteiger partial charge on any atom is -0.382 e. The molecule has 0 aliphatic rings. The monoisotopic (exact) mass is 248 g/mol. The van der Waals surface area contributed by atoms with E-state index >= 15 is 0 Å². The molecule has 1 aromatic rings. The average Bonchev–Trinajstić information content (AvgIpc) is 2.23. The summed E-state index contributed by atoms with van der Waals surface area (Å²) in [7, 11) is 0. The predicted molar refractivity (Wildman–Crippen MR) is 54.1 cm³/mol. The molecule has 94 valence electrons. The first-order valence-corrected chi connectivity index (χ1v) is 4.77. The van der Waals surface area contributed by atoms with Gasteiger partial charge < -0.3 is 10.6 Å². The first kappa shape index (κ1) is 13.2. The molecule has 1 amide bonds. The summed E-state index contributed by atoms with van der Waals surface area (Å²) in [4.78, 5) is 19.5. The van der Waals surface area contributed by atoms with Gasteiger partial charge in [0.15, 0.2) is 0 Å². The van der Waals surface area contributed by atoms with Crippen LogP contribution < -0.4 is 5.73 Å². The average molecular weight is 248 g/mol. The van der Waals surface area contributed by atoms with Crippen molar-refractivity contribution in [1.82, 2.24) is 14.9 Å². The number of aromatic nitrogens is 2. The largest absolute Gasteiger partial charge is 0.406 e. The summed E-state index contributed by atoms with van der Waals surface area (Å²) >= 11 is 0. The molecule has 0 aliphatic heterocycles. The van der Waals surface area contributed by atoms with E-state index in [0.29, 0.717) is 4.90 Å². The van der Waals surface area contributed by atoms with Gasteiger partial charge in [-0.15, -0.1) is 0 Å². The Hall–Kier alpha value is -1.86. The van der Waals surface area contributed by atoms with E-state index in [2.05, 4.69) is 9.97 Å². The van der Waals surface area contributed by atoms with Gasteiger partial charge in [-0.2, -0.15) is 13.2 Å². The fraction of sp³-hybridized carbons (Fsp3) is 0.444. The third-order valence-electron chi connectivity index (χ3n) is 1.91. The van der Waals surface area contributed by atoms with Crippen molar-refractivity contribution in [1.29, 1.82) is 0 Å². The molecule has 1 rings (SSSR count). The smallest absolute Gasteiger partial charge is 0.382 e. The Morgan fingerprint density at radius 1 is 1.47 bits per heavy atom. The van der Waals surface area contributed by atoms with Gasteiger partial charge in [0.2, 0.25) is 0 Å². The highest BCUT2D eigenvalue weighted by atomic mass is 19.4. The zero-order valence-corrected chi connectivity index (χ0v) is 9.03. The zero-order chi connectivity index (χ0) is 13.1. The van der Waals surface area contributed by atoms with Crippen molar-refractivity contribution in [2.45, 2.75) is 13.1 Å². The molecule has 0 aliphatic carbocycles. The topological polar surface area (TPSA) is 72.1 Å². The van der Waals surface area contributed by atoms with E-state index < -0.39 is 18.6 Å². The van der Waals surface area contributed by atoms with Crippen molar-refractivity contribution < 1.29 is 18.0 Å². The molecule has 1 aromatic heterocycles. The van der Waals surface area contributed by atoms with Crippen LogP contribution in [-0.4, -0.2) is 40.0 Å². The van der Waals surface area contributed by atoms with Crippen molar-refractivity contribution in [3.8, 4) is 0 Å². The number of hydrogen-bond donors (Lipinski definition) is 1. The normalized spacial score (nSPS) is 11.3. The number of rotatable bonds is 3. The molecule has 0 aromatic carbocycles. The van der Waals surface area contributed by atoms with Crippen LogP contribution in [0.1, 0.15) is 17.4 Å². The molecule has 5 nitrogen and oxygen atoms in total. The van der Waals surface area contributed by atoms with Crippen LogP contribution in [0.5, 0.6) is 0 Å². The number of nitrogens with two attached hydrogens (primary N) is 1. The Morgan fingerprint density at radius 3 is 2.59 bits per heavy atom. The number of amides is 1. The van der Waals surface area contributed by atoms with Crippen molar-refractivity contribution in [3.05, 3.63) is 18.1 Å². The van der Waals surface area contributed by atoms with Crippen molar-refractivity contribution in [2.75, 3.05) is 18.8 Å². The zero-order valence-electron chi connectivity index (χ0n) is 9.03. The molecule has 0 fully saturated rings. The van der Waals surface area contributed by atoms with Crippen LogP contribution in [-0.2, 0) is 0 Å². The minimum absolute atomic E-state index is 0.0149. The van der Waals surface area contributed by atoms with Crippen molar-refractivity contribution >= 4 is 11.7 Å². The molecule has 8 heteroatoms. The van der Waals surface area contributed by atoms with Crippen molar-refractivity contribution in [2.24, 2.45) is 0 Å². The molecule has 1 heterocycles. The number of halogens is 3. The SMILES string of the molecule is CCN(CC(F)(F)F)C(=O)c1cncc(N)n1. The van der Waals surface area contributed by atoms with E-state index in [0.717, 1.165) is 6.20 Å². The van der Waals surface area contributed by atoms with Crippen LogP contribution in [0.25, 0.3) is 0 Å². The second kappa shape index (κ2) is 4.98. The third kappa shape index (κ3) is 3.89. The van der Waals surface area contributed by atoms with Gasteiger partial charge in [0, 0.05) is 6.54 Å². The van der Waals surface area contributed by atoms with Gasteiger partial charge in [-0.3, -0.25) is 9.78 Å². The maximum atomic E-state index is 12.2. The van der Waals surface area contributed by atoms with Crippen molar-refractivity contribution in [3.63, 3.8) is 0 Å². The number of carbonyl (C=O) groups excluding carboxylic acids is 1. The first-order chi connectivity index (χ1) is 7.83. The van der Waals surface area contributed by atoms with E-state index in [1.165, 1.54) is 13.1 Å². The molecule has 0 unspecified atom stereocenters.